The van der Waals surface area contributed by atoms with E-state index in [1.165, 1.54) is 36.4 Å². The third-order valence-electron chi connectivity index (χ3n) is 3.94. The summed E-state index contributed by atoms with van der Waals surface area (Å²) in [6.45, 7) is 3.77. The highest BCUT2D eigenvalue weighted by Gasteiger charge is 2.17. The van der Waals surface area contributed by atoms with E-state index < -0.39 is 20.0 Å². The van der Waals surface area contributed by atoms with Crippen molar-refractivity contribution in [2.45, 2.75) is 23.6 Å². The second-order valence-corrected chi connectivity index (χ2v) is 9.79. The van der Waals surface area contributed by atoms with Crippen LogP contribution in [0.2, 0.25) is 0 Å². The molecule has 8 heteroatoms. The number of nitrogens with one attached hydrogen (secondary N) is 2. The molecule has 28 heavy (non-hydrogen) atoms. The van der Waals surface area contributed by atoms with Crippen LogP contribution >= 0.6 is 0 Å². The molecule has 0 aliphatic heterocycles. The zero-order valence-corrected chi connectivity index (χ0v) is 17.0. The maximum Gasteiger partial charge on any atom is 0.261 e. The Morgan fingerprint density at radius 2 is 1.04 bits per heavy atom. The molecule has 2 N–H and O–H groups in total. The number of aryl methyl sites for hydroxylation is 2. The van der Waals surface area contributed by atoms with E-state index in [1.54, 1.807) is 30.3 Å². The van der Waals surface area contributed by atoms with Crippen molar-refractivity contribution < 1.29 is 16.8 Å². The monoisotopic (exact) mass is 416 g/mol. The van der Waals surface area contributed by atoms with Crippen LogP contribution in [0.4, 0.5) is 11.4 Å². The van der Waals surface area contributed by atoms with Crippen molar-refractivity contribution in [3.63, 3.8) is 0 Å². The Morgan fingerprint density at radius 3 is 1.57 bits per heavy atom. The molecule has 0 radical (unpaired) electrons. The van der Waals surface area contributed by atoms with Gasteiger partial charge < -0.3 is 0 Å². The Kier molecular flexibility index (Phi) is 5.44. The van der Waals surface area contributed by atoms with Crippen LogP contribution in [-0.4, -0.2) is 16.8 Å². The fourth-order valence-electron chi connectivity index (χ4n) is 2.76. The fraction of sp³-hybridized carbons (Fsp3) is 0.100. The van der Waals surface area contributed by atoms with Crippen molar-refractivity contribution in [3.8, 4) is 0 Å². The van der Waals surface area contributed by atoms with Crippen LogP contribution in [0, 0.1) is 13.8 Å². The first kappa shape index (κ1) is 19.9. The zero-order chi connectivity index (χ0) is 20.4. The van der Waals surface area contributed by atoms with Gasteiger partial charge in [-0.2, -0.15) is 0 Å². The molecule has 3 aromatic rings. The highest BCUT2D eigenvalue weighted by molar-refractivity contribution is 7.93. The van der Waals surface area contributed by atoms with Crippen molar-refractivity contribution >= 4 is 31.4 Å². The van der Waals surface area contributed by atoms with Crippen molar-refractivity contribution in [2.24, 2.45) is 0 Å². The molecule has 0 saturated heterocycles. The van der Waals surface area contributed by atoms with Gasteiger partial charge in [0.25, 0.3) is 20.0 Å². The minimum Gasteiger partial charge on any atom is -0.280 e. The summed E-state index contributed by atoms with van der Waals surface area (Å²) in [5.74, 6) is 0. The number of hydrogen-bond donors (Lipinski definition) is 2. The molecule has 146 valence electrons. The predicted octanol–water partition coefficient (Wildman–Crippen LogP) is 3.91. The van der Waals surface area contributed by atoms with Gasteiger partial charge in [0.2, 0.25) is 0 Å². The first-order valence-corrected chi connectivity index (χ1v) is 11.4. The number of sulfonamides is 2. The summed E-state index contributed by atoms with van der Waals surface area (Å²) in [6.07, 6.45) is 0. The van der Waals surface area contributed by atoms with Crippen LogP contribution in [0.1, 0.15) is 11.1 Å². The molecule has 0 heterocycles. The normalized spacial score (nSPS) is 11.8. The van der Waals surface area contributed by atoms with Gasteiger partial charge in [-0.25, -0.2) is 16.8 Å². The lowest BCUT2D eigenvalue weighted by molar-refractivity contribution is 0.600. The van der Waals surface area contributed by atoms with Gasteiger partial charge in [0.1, 0.15) is 0 Å². The van der Waals surface area contributed by atoms with Crippen molar-refractivity contribution in [1.29, 1.82) is 0 Å². The summed E-state index contributed by atoms with van der Waals surface area (Å²) in [4.78, 5) is 0.164. The van der Waals surface area contributed by atoms with E-state index in [2.05, 4.69) is 9.44 Å². The van der Waals surface area contributed by atoms with Crippen LogP contribution in [-0.2, 0) is 20.0 Å². The first-order valence-electron chi connectivity index (χ1n) is 8.45. The van der Waals surface area contributed by atoms with Gasteiger partial charge in [-0.15, -0.1) is 0 Å². The Morgan fingerprint density at radius 1 is 0.571 bits per heavy atom. The molecule has 6 nitrogen and oxygen atoms in total. The van der Waals surface area contributed by atoms with E-state index in [1.807, 2.05) is 19.9 Å². The van der Waals surface area contributed by atoms with Crippen LogP contribution in [0.3, 0.4) is 0 Å². The first-order chi connectivity index (χ1) is 13.2. The fourth-order valence-corrected chi connectivity index (χ4v) is 4.88. The lowest BCUT2D eigenvalue weighted by Gasteiger charge is -2.11. The summed E-state index contributed by atoms with van der Waals surface area (Å²) < 4.78 is 54.9. The van der Waals surface area contributed by atoms with Crippen molar-refractivity contribution in [2.75, 3.05) is 9.44 Å². The molecule has 0 unspecified atom stereocenters. The second kappa shape index (κ2) is 7.65. The number of benzene rings is 3. The minimum atomic E-state index is -3.79. The number of hydrogen-bond acceptors (Lipinski definition) is 4. The molecule has 0 fully saturated rings. The molecule has 0 spiro atoms. The van der Waals surface area contributed by atoms with E-state index in [-0.39, 0.29) is 15.5 Å². The summed E-state index contributed by atoms with van der Waals surface area (Å²) in [6, 6.07) is 18.9. The third-order valence-corrected chi connectivity index (χ3v) is 6.74. The van der Waals surface area contributed by atoms with Gasteiger partial charge in [0.05, 0.1) is 9.79 Å². The molecule has 0 aliphatic rings. The average molecular weight is 417 g/mol. The van der Waals surface area contributed by atoms with Gasteiger partial charge >= 0.3 is 0 Å². The average Bonchev–Trinajstić information content (AvgIpc) is 2.61. The number of rotatable bonds is 6. The Hall–Kier alpha value is -2.84. The molecule has 0 atom stereocenters. The van der Waals surface area contributed by atoms with Crippen molar-refractivity contribution in [3.05, 3.63) is 83.9 Å². The standard InChI is InChI=1S/C20H20N2O4S2/c1-15-12-16(2)14-18(13-15)22-28(25,26)20-10-8-17(9-11-20)21-27(23,24)19-6-4-3-5-7-19/h3-14,21-22H,1-2H3. The largest absolute Gasteiger partial charge is 0.280 e. The van der Waals surface area contributed by atoms with E-state index >= 15 is 0 Å². The van der Waals surface area contributed by atoms with Crippen LogP contribution < -0.4 is 9.44 Å². The third kappa shape index (κ3) is 4.71. The van der Waals surface area contributed by atoms with Crippen LogP contribution in [0.25, 0.3) is 0 Å². The maximum absolute atomic E-state index is 12.6. The Labute approximate surface area is 165 Å². The zero-order valence-electron chi connectivity index (χ0n) is 15.4. The SMILES string of the molecule is Cc1cc(C)cc(NS(=O)(=O)c2ccc(NS(=O)(=O)c3ccccc3)cc2)c1. The van der Waals surface area contributed by atoms with Gasteiger partial charge in [-0.3, -0.25) is 9.44 Å². The molecule has 0 saturated carbocycles. The van der Waals surface area contributed by atoms with E-state index in [9.17, 15) is 16.8 Å². The molecule has 0 bridgehead atoms. The van der Waals surface area contributed by atoms with Gasteiger partial charge in [0.15, 0.2) is 0 Å². The molecular formula is C20H20N2O4S2. The molecule has 0 aromatic heterocycles. The highest BCUT2D eigenvalue weighted by Crippen LogP contribution is 2.21. The molecular weight excluding hydrogens is 396 g/mol. The Bertz CT molecular complexity index is 1170. The summed E-state index contributed by atoms with van der Waals surface area (Å²) in [5.41, 5.74) is 2.65. The minimum absolute atomic E-state index is 0.0364. The van der Waals surface area contributed by atoms with E-state index in [0.717, 1.165) is 11.1 Å². The van der Waals surface area contributed by atoms with Crippen LogP contribution in [0.5, 0.6) is 0 Å². The highest BCUT2D eigenvalue weighted by atomic mass is 32.2. The van der Waals surface area contributed by atoms with Crippen LogP contribution in [0.15, 0.2) is 82.6 Å². The van der Waals surface area contributed by atoms with E-state index in [0.29, 0.717) is 5.69 Å². The summed E-state index contributed by atoms with van der Waals surface area (Å²) >= 11 is 0. The summed E-state index contributed by atoms with van der Waals surface area (Å²) in [5, 5.41) is 0. The van der Waals surface area contributed by atoms with Gasteiger partial charge in [-0.1, -0.05) is 24.3 Å². The smallest absolute Gasteiger partial charge is 0.261 e. The van der Waals surface area contributed by atoms with Gasteiger partial charge in [-0.05, 0) is 73.5 Å². The molecule has 3 aromatic carbocycles. The topological polar surface area (TPSA) is 92.3 Å². The number of anilines is 2. The Balaban J connectivity index is 1.80. The van der Waals surface area contributed by atoms with E-state index in [4.69, 9.17) is 0 Å². The summed E-state index contributed by atoms with van der Waals surface area (Å²) in [7, 11) is -7.52. The van der Waals surface area contributed by atoms with Gasteiger partial charge in [0, 0.05) is 11.4 Å². The lowest BCUT2D eigenvalue weighted by atomic mass is 10.1. The second-order valence-electron chi connectivity index (χ2n) is 6.42. The predicted molar refractivity (Wildman–Crippen MR) is 110 cm³/mol. The maximum atomic E-state index is 12.6. The quantitative estimate of drug-likeness (QED) is 0.637. The molecule has 0 amide bonds. The molecule has 3 rings (SSSR count). The molecule has 0 aliphatic carbocycles. The van der Waals surface area contributed by atoms with Crippen molar-refractivity contribution in [1.82, 2.24) is 0 Å². The lowest BCUT2D eigenvalue weighted by Crippen LogP contribution is -2.14.